The van der Waals surface area contributed by atoms with Crippen LogP contribution in [0, 0.1) is 23.4 Å². The molecule has 348 valence electrons. The Hall–Kier alpha value is -6.15. The van der Waals surface area contributed by atoms with Gasteiger partial charge in [-0.05, 0) is 157 Å². The third-order valence-electron chi connectivity index (χ3n) is 13.0. The van der Waals surface area contributed by atoms with Crippen molar-refractivity contribution < 1.29 is 36.0 Å². The Morgan fingerprint density at radius 2 is 1.15 bits per heavy atom. The molecule has 0 aliphatic carbocycles. The molecule has 0 bridgehead atoms. The predicted molar refractivity (Wildman–Crippen MR) is 255 cm³/mol. The van der Waals surface area contributed by atoms with Gasteiger partial charge in [0.25, 0.3) is 5.91 Å². The van der Waals surface area contributed by atoms with Crippen molar-refractivity contribution in [2.24, 2.45) is 5.92 Å². The monoisotopic (exact) mass is 928 g/mol. The van der Waals surface area contributed by atoms with Gasteiger partial charge in [0.15, 0.2) is 9.84 Å². The second kappa shape index (κ2) is 21.6. The summed E-state index contributed by atoms with van der Waals surface area (Å²) in [4.78, 5) is 44.2. The van der Waals surface area contributed by atoms with E-state index in [1.54, 1.807) is 53.4 Å². The summed E-state index contributed by atoms with van der Waals surface area (Å²) in [6.07, 6.45) is 5.98. The number of rotatable bonds is 12. The Morgan fingerprint density at radius 1 is 0.612 bits per heavy atom. The predicted octanol–water partition coefficient (Wildman–Crippen LogP) is 9.30. The minimum absolute atomic E-state index is 0.0807. The number of ketones is 1. The Morgan fingerprint density at radius 3 is 1.76 bits per heavy atom. The van der Waals surface area contributed by atoms with Crippen molar-refractivity contribution in [2.75, 3.05) is 45.0 Å². The highest BCUT2D eigenvalue weighted by molar-refractivity contribution is 7.92. The maximum absolute atomic E-state index is 13.4. The Kier molecular flexibility index (Phi) is 15.3. The van der Waals surface area contributed by atoms with E-state index in [0.29, 0.717) is 37.9 Å². The zero-order chi connectivity index (χ0) is 46.9. The number of carbonyl (C=O) groups is 3. The van der Waals surface area contributed by atoms with Crippen LogP contribution < -0.4 is 5.32 Å². The normalized spacial score (nSPS) is 17.3. The summed E-state index contributed by atoms with van der Waals surface area (Å²) in [5.74, 6) is -1.40. The first kappa shape index (κ1) is 47.3. The van der Waals surface area contributed by atoms with Crippen LogP contribution in [0.2, 0.25) is 0 Å². The molecule has 0 aromatic heterocycles. The first-order valence-electron chi connectivity index (χ1n) is 23.0. The zero-order valence-electron chi connectivity index (χ0n) is 37.4. The van der Waals surface area contributed by atoms with Crippen LogP contribution in [0.25, 0.3) is 21.5 Å². The van der Waals surface area contributed by atoms with Crippen molar-refractivity contribution >= 4 is 49.0 Å². The van der Waals surface area contributed by atoms with Crippen molar-refractivity contribution in [3.05, 3.63) is 173 Å². The van der Waals surface area contributed by atoms with Crippen LogP contribution >= 0.6 is 0 Å². The minimum atomic E-state index is -3.57. The van der Waals surface area contributed by atoms with E-state index in [0.717, 1.165) is 85.6 Å². The number of halogens is 3. The van der Waals surface area contributed by atoms with Gasteiger partial charge < -0.3 is 10.2 Å². The lowest BCUT2D eigenvalue weighted by atomic mass is 9.92. The van der Waals surface area contributed by atoms with Gasteiger partial charge in [-0.15, -0.1) is 0 Å². The van der Waals surface area contributed by atoms with Gasteiger partial charge in [-0.3, -0.25) is 24.2 Å². The minimum Gasteiger partial charge on any atom is -0.348 e. The Labute approximate surface area is 390 Å². The molecule has 6 aromatic rings. The fourth-order valence-corrected chi connectivity index (χ4v) is 10.6. The van der Waals surface area contributed by atoms with Gasteiger partial charge in [-0.25, -0.2) is 21.6 Å². The summed E-state index contributed by atoms with van der Waals surface area (Å²) in [5.41, 5.74) is 3.87. The van der Waals surface area contributed by atoms with Crippen molar-refractivity contribution in [3.8, 4) is 0 Å². The van der Waals surface area contributed by atoms with Crippen LogP contribution in [0.4, 0.5) is 13.2 Å². The maximum Gasteiger partial charge on any atom is 0.253 e. The summed E-state index contributed by atoms with van der Waals surface area (Å²) in [7, 11) is -3.57. The fourth-order valence-electron chi connectivity index (χ4n) is 9.34. The average molecular weight is 929 g/mol. The molecule has 3 aliphatic rings. The molecule has 1 N–H and O–H groups in total. The first-order valence-corrected chi connectivity index (χ1v) is 24.6. The van der Waals surface area contributed by atoms with Gasteiger partial charge in [0, 0.05) is 63.4 Å². The van der Waals surface area contributed by atoms with Gasteiger partial charge in [0.2, 0.25) is 5.91 Å². The number of benzene rings is 6. The van der Waals surface area contributed by atoms with Crippen LogP contribution in [-0.2, 0) is 32.5 Å². The van der Waals surface area contributed by atoms with Gasteiger partial charge in [-0.2, -0.15) is 0 Å². The van der Waals surface area contributed by atoms with Crippen LogP contribution in [0.15, 0.2) is 144 Å². The number of Topliss-reactive ketones (excluding diaryl/α,β-unsaturated/α-hetero) is 1. The van der Waals surface area contributed by atoms with Gasteiger partial charge in [0.1, 0.15) is 29.0 Å². The number of piperidine rings is 2. The number of sulfone groups is 1. The molecule has 1 atom stereocenters. The molecule has 0 spiro atoms. The largest absolute Gasteiger partial charge is 0.348 e. The number of carbonyl (C=O) groups excluding carboxylic acids is 3. The lowest BCUT2D eigenvalue weighted by Crippen LogP contribution is -2.38. The third kappa shape index (κ3) is 13.1. The molecular formula is C54H55F3N4O5S. The van der Waals surface area contributed by atoms with Crippen molar-refractivity contribution in [1.29, 1.82) is 0 Å². The number of hydrogen-bond donors (Lipinski definition) is 1. The van der Waals surface area contributed by atoms with Crippen LogP contribution in [0.3, 0.4) is 0 Å². The molecule has 0 radical (unpaired) electrons. The van der Waals surface area contributed by atoms with E-state index in [1.807, 2.05) is 24.3 Å². The van der Waals surface area contributed by atoms with E-state index in [9.17, 15) is 36.0 Å². The van der Waals surface area contributed by atoms with Crippen molar-refractivity contribution in [3.63, 3.8) is 0 Å². The van der Waals surface area contributed by atoms with E-state index in [-0.39, 0.29) is 51.9 Å². The zero-order valence-corrected chi connectivity index (χ0v) is 38.2. The topological polar surface area (TPSA) is 107 Å². The highest BCUT2D eigenvalue weighted by Gasteiger charge is 2.27. The fraction of sp³-hybridized carbons (Fsp3) is 0.315. The Balaban J connectivity index is 0.000000184. The average Bonchev–Trinajstić information content (AvgIpc) is 3.76. The van der Waals surface area contributed by atoms with E-state index >= 15 is 0 Å². The van der Waals surface area contributed by atoms with Gasteiger partial charge in [-0.1, -0.05) is 60.2 Å². The molecule has 9 rings (SSSR count). The number of amides is 2. The molecule has 13 heteroatoms. The van der Waals surface area contributed by atoms with Crippen molar-refractivity contribution in [2.45, 2.75) is 62.6 Å². The van der Waals surface area contributed by atoms with Gasteiger partial charge >= 0.3 is 0 Å². The smallest absolute Gasteiger partial charge is 0.253 e. The third-order valence-corrected chi connectivity index (χ3v) is 14.7. The standard InChI is InChI=1S/C29H29F2N3O2.C25H26FNO3S/c30-25-6-3-22(4-7-25)29(36)34-13-9-20(10-14-34)16-28(35)32-27-11-12-33(19-27)18-21-1-2-24-17-26(31)8-5-23(24)15-21;26-23-9-8-21-14-20(6-7-22(21)16-23)17-27-12-10-19(11-13-27)15-24(28)18-31(29,30)25-4-2-1-3-5-25/h1-8,15-17,27H,9-14,18-19H2,(H,32,35);1-9,14,16,19H,10-13,15,17-18H2. The number of nitrogens with zero attached hydrogens (tertiary/aromatic N) is 3. The summed E-state index contributed by atoms with van der Waals surface area (Å²) < 4.78 is 64.7. The van der Waals surface area contributed by atoms with Crippen LogP contribution in [0.1, 0.15) is 60.0 Å². The molecular weight excluding hydrogens is 874 g/mol. The summed E-state index contributed by atoms with van der Waals surface area (Å²) in [6.45, 7) is 6.15. The van der Waals surface area contributed by atoms with E-state index in [2.05, 4.69) is 27.2 Å². The highest BCUT2D eigenvalue weighted by atomic mass is 32.2. The molecule has 3 saturated heterocycles. The quantitative estimate of drug-likeness (QED) is 0.122. The Bertz CT molecular complexity index is 2860. The number of likely N-dealkylation sites (tertiary alicyclic amines) is 3. The molecule has 6 aromatic carbocycles. The summed E-state index contributed by atoms with van der Waals surface area (Å²) in [5, 5.41) is 6.97. The van der Waals surface area contributed by atoms with Crippen LogP contribution in [-0.4, -0.2) is 91.8 Å². The number of nitrogens with one attached hydrogen (secondary N) is 1. The lowest BCUT2D eigenvalue weighted by Gasteiger charge is -2.31. The highest BCUT2D eigenvalue weighted by Crippen LogP contribution is 2.26. The van der Waals surface area contributed by atoms with E-state index in [1.165, 1.54) is 59.7 Å². The molecule has 3 fully saturated rings. The molecule has 9 nitrogen and oxygen atoms in total. The summed E-state index contributed by atoms with van der Waals surface area (Å²) in [6, 6.07) is 35.7. The number of hydrogen-bond acceptors (Lipinski definition) is 7. The number of fused-ring (bicyclic) bond motifs is 2. The molecule has 1 unspecified atom stereocenters. The molecule has 0 saturated carbocycles. The second-order valence-electron chi connectivity index (χ2n) is 18.0. The SMILES string of the molecule is O=C(C=C1CCN(C(=O)c2ccc(F)cc2)CC1)NC1CCN(Cc2ccc3cc(F)ccc3c2)C1.O=C(CC1CCN(Cc2ccc3cc(F)ccc3c2)CC1)CS(=O)(=O)c1ccccc1. The van der Waals surface area contributed by atoms with Crippen molar-refractivity contribution in [1.82, 2.24) is 20.0 Å². The maximum atomic E-state index is 13.4. The summed E-state index contributed by atoms with van der Waals surface area (Å²) >= 11 is 0. The molecule has 67 heavy (non-hydrogen) atoms. The van der Waals surface area contributed by atoms with Crippen LogP contribution in [0.5, 0.6) is 0 Å². The molecule has 3 aliphatic heterocycles. The van der Waals surface area contributed by atoms with E-state index in [4.69, 9.17) is 0 Å². The molecule has 3 heterocycles. The molecule has 2 amide bonds. The van der Waals surface area contributed by atoms with Gasteiger partial charge in [0.05, 0.1) is 4.90 Å². The lowest BCUT2D eigenvalue weighted by molar-refractivity contribution is -0.118. The van der Waals surface area contributed by atoms with E-state index < -0.39 is 15.6 Å². The first-order chi connectivity index (χ1) is 32.3. The second-order valence-corrected chi connectivity index (χ2v) is 20.0.